The highest BCUT2D eigenvalue weighted by Gasteiger charge is 2.37. The van der Waals surface area contributed by atoms with E-state index in [1.54, 1.807) is 23.0 Å². The number of nitrogens with zero attached hydrogens (tertiary/aromatic N) is 3. The minimum Gasteiger partial charge on any atom is -0.319 e. The van der Waals surface area contributed by atoms with Gasteiger partial charge in [0.25, 0.3) is 5.91 Å². The molecule has 0 bridgehead atoms. The van der Waals surface area contributed by atoms with Gasteiger partial charge in [0.05, 0.1) is 35.0 Å². The van der Waals surface area contributed by atoms with Crippen LogP contribution in [-0.4, -0.2) is 26.5 Å². The molecule has 9 heteroatoms. The third-order valence-electron chi connectivity index (χ3n) is 5.15. The van der Waals surface area contributed by atoms with Crippen LogP contribution in [-0.2, 0) is 6.18 Å². The molecule has 0 spiro atoms. The van der Waals surface area contributed by atoms with Gasteiger partial charge in [-0.2, -0.15) is 18.3 Å². The Labute approximate surface area is 169 Å². The van der Waals surface area contributed by atoms with Crippen molar-refractivity contribution in [2.45, 2.75) is 31.5 Å². The summed E-state index contributed by atoms with van der Waals surface area (Å²) in [6.45, 7) is 1.87. The first-order valence-electron chi connectivity index (χ1n) is 9.26. The molecule has 2 aromatic heterocycles. The molecule has 4 rings (SSSR count). The van der Waals surface area contributed by atoms with Gasteiger partial charge in [-0.1, -0.05) is 12.1 Å². The van der Waals surface area contributed by atoms with Gasteiger partial charge >= 0.3 is 6.18 Å². The molecule has 6 nitrogen and oxygen atoms in total. The molecule has 154 valence electrons. The number of pyridine rings is 1. The highest BCUT2D eigenvalue weighted by Crippen LogP contribution is 2.39. The van der Waals surface area contributed by atoms with Crippen molar-refractivity contribution >= 4 is 17.4 Å². The first-order chi connectivity index (χ1) is 14.3. The number of hydrogen-bond donors (Lipinski definition) is 1. The summed E-state index contributed by atoms with van der Waals surface area (Å²) < 4.78 is 40.1. The van der Waals surface area contributed by atoms with Gasteiger partial charge in [0.2, 0.25) is 0 Å². The molecule has 1 amide bonds. The summed E-state index contributed by atoms with van der Waals surface area (Å²) in [4.78, 5) is 29.6. The number of halogens is 3. The lowest BCUT2D eigenvalue weighted by Crippen LogP contribution is -2.29. The number of rotatable bonds is 3. The maximum atomic E-state index is 13.2. The predicted molar refractivity (Wildman–Crippen MR) is 102 cm³/mol. The van der Waals surface area contributed by atoms with Gasteiger partial charge in [-0.15, -0.1) is 0 Å². The van der Waals surface area contributed by atoms with Crippen LogP contribution in [0.15, 0.2) is 55.0 Å². The average molecular weight is 414 g/mol. The van der Waals surface area contributed by atoms with Crippen LogP contribution in [0.4, 0.5) is 18.9 Å². The summed E-state index contributed by atoms with van der Waals surface area (Å²) in [6.07, 6.45) is 0.311. The van der Waals surface area contributed by atoms with Gasteiger partial charge in [-0.05, 0) is 43.2 Å². The third-order valence-corrected chi connectivity index (χ3v) is 5.15. The van der Waals surface area contributed by atoms with Crippen LogP contribution in [0.2, 0.25) is 0 Å². The van der Waals surface area contributed by atoms with Crippen LogP contribution >= 0.6 is 0 Å². The Morgan fingerprint density at radius 1 is 1.17 bits per heavy atom. The molecular weight excluding hydrogens is 397 g/mol. The molecule has 1 aliphatic rings. The van der Waals surface area contributed by atoms with E-state index in [4.69, 9.17) is 0 Å². The number of hydrogen-bond acceptors (Lipinski definition) is 4. The zero-order chi connectivity index (χ0) is 21.5. The van der Waals surface area contributed by atoms with Crippen molar-refractivity contribution in [3.63, 3.8) is 0 Å². The molecular formula is C21H17F3N4O2. The molecule has 30 heavy (non-hydrogen) atoms. The van der Waals surface area contributed by atoms with Gasteiger partial charge < -0.3 is 5.32 Å². The number of carbonyl (C=O) groups excluding carboxylic acids is 2. The van der Waals surface area contributed by atoms with Crippen molar-refractivity contribution in [2.75, 3.05) is 5.32 Å². The van der Waals surface area contributed by atoms with Gasteiger partial charge in [0.15, 0.2) is 5.78 Å². The summed E-state index contributed by atoms with van der Waals surface area (Å²) in [5, 5.41) is 6.91. The molecule has 0 saturated heterocycles. The van der Waals surface area contributed by atoms with E-state index in [1.807, 2.05) is 6.92 Å². The number of anilines is 1. The summed E-state index contributed by atoms with van der Waals surface area (Å²) in [7, 11) is 0. The summed E-state index contributed by atoms with van der Waals surface area (Å²) >= 11 is 0. The van der Waals surface area contributed by atoms with E-state index in [0.29, 0.717) is 17.5 Å². The second-order valence-corrected chi connectivity index (χ2v) is 7.17. The fraction of sp³-hybridized carbons (Fsp3) is 0.238. The monoisotopic (exact) mass is 414 g/mol. The van der Waals surface area contributed by atoms with Crippen LogP contribution in [0, 0.1) is 0 Å². The minimum absolute atomic E-state index is 0.172. The Kier molecular flexibility index (Phi) is 4.89. The number of amides is 1. The maximum Gasteiger partial charge on any atom is 0.416 e. The number of carbonyl (C=O) groups is 2. The molecule has 1 aliphatic heterocycles. The predicted octanol–water partition coefficient (Wildman–Crippen LogP) is 4.48. The van der Waals surface area contributed by atoms with Gasteiger partial charge in [0.1, 0.15) is 5.69 Å². The molecule has 0 saturated carbocycles. The Hall–Kier alpha value is -3.49. The van der Waals surface area contributed by atoms with Gasteiger partial charge in [0, 0.05) is 12.4 Å². The van der Waals surface area contributed by atoms with E-state index in [9.17, 15) is 22.8 Å². The van der Waals surface area contributed by atoms with Crippen molar-refractivity contribution in [2.24, 2.45) is 0 Å². The Balaban J connectivity index is 1.63. The number of Topliss-reactive ketones (excluding diaryl/α,β-unsaturated/α-hetero) is 1. The minimum atomic E-state index is -4.44. The largest absolute Gasteiger partial charge is 0.416 e. The van der Waals surface area contributed by atoms with Gasteiger partial charge in [-0.3, -0.25) is 19.3 Å². The highest BCUT2D eigenvalue weighted by atomic mass is 19.4. The Morgan fingerprint density at radius 2 is 1.90 bits per heavy atom. The second kappa shape index (κ2) is 7.40. The fourth-order valence-corrected chi connectivity index (χ4v) is 3.63. The SMILES string of the molecule is C[C@H]1CC(c2ccc(C(F)(F)F)cc2)C(=O)c2c(NC(=O)c3cccnc3)cnn21. The van der Waals surface area contributed by atoms with Crippen molar-refractivity contribution < 1.29 is 22.8 Å². The van der Waals surface area contributed by atoms with E-state index < -0.39 is 23.6 Å². The molecule has 0 radical (unpaired) electrons. The zero-order valence-corrected chi connectivity index (χ0v) is 15.8. The highest BCUT2D eigenvalue weighted by molar-refractivity contribution is 6.10. The zero-order valence-electron chi connectivity index (χ0n) is 15.8. The van der Waals surface area contributed by atoms with Crippen LogP contribution in [0.3, 0.4) is 0 Å². The molecule has 1 aromatic carbocycles. The van der Waals surface area contributed by atoms with Crippen molar-refractivity contribution in [3.05, 3.63) is 77.4 Å². The van der Waals surface area contributed by atoms with Crippen LogP contribution < -0.4 is 5.32 Å². The first-order valence-corrected chi connectivity index (χ1v) is 9.26. The quantitative estimate of drug-likeness (QED) is 0.686. The maximum absolute atomic E-state index is 13.2. The van der Waals surface area contributed by atoms with Crippen LogP contribution in [0.5, 0.6) is 0 Å². The standard InChI is InChI=1S/C21H17F3N4O2/c1-12-9-16(13-4-6-15(7-5-13)21(22,23)24)19(29)18-17(11-26-28(12)18)27-20(30)14-3-2-8-25-10-14/h2-8,10-12,16H,9H2,1H3,(H,27,30)/t12-,16?/m0/s1. The normalized spacial score (nSPS) is 18.7. The van der Waals surface area contributed by atoms with Crippen molar-refractivity contribution in [1.82, 2.24) is 14.8 Å². The smallest absolute Gasteiger partial charge is 0.319 e. The first kappa shape index (κ1) is 19.8. The fourth-order valence-electron chi connectivity index (χ4n) is 3.63. The Morgan fingerprint density at radius 3 is 2.53 bits per heavy atom. The lowest BCUT2D eigenvalue weighted by atomic mass is 9.84. The molecule has 2 atom stereocenters. The van der Waals surface area contributed by atoms with E-state index >= 15 is 0 Å². The van der Waals surface area contributed by atoms with E-state index in [0.717, 1.165) is 12.1 Å². The topological polar surface area (TPSA) is 76.9 Å². The number of ketones is 1. The summed E-state index contributed by atoms with van der Waals surface area (Å²) in [5.74, 6) is -1.36. The van der Waals surface area contributed by atoms with Crippen LogP contribution in [0.1, 0.15) is 57.3 Å². The number of alkyl halides is 3. The molecule has 3 heterocycles. The van der Waals surface area contributed by atoms with Gasteiger partial charge in [-0.25, -0.2) is 0 Å². The van der Waals surface area contributed by atoms with E-state index in [-0.39, 0.29) is 23.2 Å². The average Bonchev–Trinajstić information content (AvgIpc) is 3.15. The number of aromatic nitrogens is 3. The third kappa shape index (κ3) is 3.58. The molecule has 3 aromatic rings. The summed E-state index contributed by atoms with van der Waals surface area (Å²) in [6, 6.07) is 7.66. The molecule has 0 fully saturated rings. The Bertz CT molecular complexity index is 1090. The number of nitrogens with one attached hydrogen (secondary N) is 1. The van der Waals surface area contributed by atoms with Crippen molar-refractivity contribution in [3.8, 4) is 0 Å². The summed E-state index contributed by atoms with van der Waals surface area (Å²) in [5.41, 5.74) is 0.551. The molecule has 1 unspecified atom stereocenters. The number of benzene rings is 1. The van der Waals surface area contributed by atoms with Crippen molar-refractivity contribution in [1.29, 1.82) is 0 Å². The molecule has 1 N–H and O–H groups in total. The lowest BCUT2D eigenvalue weighted by Gasteiger charge is -2.28. The molecule has 0 aliphatic carbocycles. The second-order valence-electron chi connectivity index (χ2n) is 7.17. The van der Waals surface area contributed by atoms with E-state index in [2.05, 4.69) is 15.4 Å². The van der Waals surface area contributed by atoms with E-state index in [1.165, 1.54) is 24.5 Å². The number of fused-ring (bicyclic) bond motifs is 1. The lowest BCUT2D eigenvalue weighted by molar-refractivity contribution is -0.137. The van der Waals surface area contributed by atoms with Crippen LogP contribution in [0.25, 0.3) is 0 Å².